The van der Waals surface area contributed by atoms with Crippen LogP contribution in [0, 0.1) is 13.8 Å². The molecule has 0 radical (unpaired) electrons. The number of aryl methyl sites for hydroxylation is 3. The average Bonchev–Trinajstić information content (AvgIpc) is 2.64. The van der Waals surface area contributed by atoms with Crippen LogP contribution in [0.1, 0.15) is 29.2 Å². The highest BCUT2D eigenvalue weighted by Crippen LogP contribution is 2.21. The monoisotopic (exact) mass is 352 g/mol. The van der Waals surface area contributed by atoms with Gasteiger partial charge in [0.05, 0.1) is 0 Å². The van der Waals surface area contributed by atoms with Crippen LogP contribution >= 0.6 is 0 Å². The van der Waals surface area contributed by atoms with Gasteiger partial charge < -0.3 is 4.74 Å². The van der Waals surface area contributed by atoms with Crippen LogP contribution in [0.3, 0.4) is 0 Å². The Kier molecular flexibility index (Phi) is 6.97. The second-order valence-electron chi connectivity index (χ2n) is 5.98. The molecule has 0 unspecified atom stereocenters. The van der Waals surface area contributed by atoms with Gasteiger partial charge in [-0.1, -0.05) is 49.4 Å². The molecule has 5 nitrogen and oxygen atoms in total. The van der Waals surface area contributed by atoms with E-state index in [2.05, 4.69) is 17.8 Å². The number of rotatable bonds is 6. The highest BCUT2D eigenvalue weighted by atomic mass is 16.5. The number of nitrogens with one attached hydrogen (secondary N) is 2. The maximum atomic E-state index is 11.8. The third kappa shape index (κ3) is 5.77. The Bertz CT molecular complexity index is 775. The summed E-state index contributed by atoms with van der Waals surface area (Å²) in [7, 11) is 0. The normalized spacial score (nSPS) is 10.6. The van der Waals surface area contributed by atoms with E-state index in [9.17, 15) is 9.59 Å². The molecule has 2 aromatic rings. The Morgan fingerprint density at radius 1 is 1.00 bits per heavy atom. The molecule has 2 rings (SSSR count). The van der Waals surface area contributed by atoms with Gasteiger partial charge in [0.2, 0.25) is 0 Å². The van der Waals surface area contributed by atoms with Gasteiger partial charge in [0.1, 0.15) is 5.75 Å². The number of carbonyl (C=O) groups excluding carboxylic acids is 2. The lowest BCUT2D eigenvalue weighted by Crippen LogP contribution is -2.43. The van der Waals surface area contributed by atoms with Crippen LogP contribution in [-0.4, -0.2) is 18.4 Å². The molecule has 2 aromatic carbocycles. The Balaban J connectivity index is 1.77. The molecule has 0 aliphatic heterocycles. The maximum Gasteiger partial charge on any atom is 0.276 e. The molecule has 26 heavy (non-hydrogen) atoms. The Hall–Kier alpha value is -3.08. The molecule has 0 aliphatic rings. The molecule has 0 atom stereocenters. The molecule has 0 fully saturated rings. The van der Waals surface area contributed by atoms with Gasteiger partial charge in [-0.25, -0.2) is 0 Å². The zero-order chi connectivity index (χ0) is 18.9. The van der Waals surface area contributed by atoms with Crippen molar-refractivity contribution in [2.24, 2.45) is 0 Å². The van der Waals surface area contributed by atoms with Gasteiger partial charge in [-0.3, -0.25) is 20.4 Å². The van der Waals surface area contributed by atoms with Crippen LogP contribution < -0.4 is 15.6 Å². The van der Waals surface area contributed by atoms with E-state index in [0.29, 0.717) is 5.75 Å². The topological polar surface area (TPSA) is 67.4 Å². The van der Waals surface area contributed by atoms with E-state index in [1.165, 1.54) is 11.6 Å². The molecule has 0 aromatic heterocycles. The lowest BCUT2D eigenvalue weighted by molar-refractivity contribution is -0.128. The van der Waals surface area contributed by atoms with Crippen LogP contribution in [0.25, 0.3) is 6.08 Å². The van der Waals surface area contributed by atoms with Gasteiger partial charge in [0.25, 0.3) is 11.8 Å². The zero-order valence-corrected chi connectivity index (χ0v) is 15.3. The number of carbonyl (C=O) groups is 2. The number of benzene rings is 2. The van der Waals surface area contributed by atoms with Gasteiger partial charge in [0, 0.05) is 6.08 Å². The number of amides is 2. The molecule has 0 bridgehead atoms. The first-order chi connectivity index (χ1) is 12.5. The van der Waals surface area contributed by atoms with Crippen molar-refractivity contribution in [3.05, 3.63) is 70.8 Å². The molecule has 0 saturated heterocycles. The first-order valence-electron chi connectivity index (χ1n) is 8.54. The highest BCUT2D eigenvalue weighted by Gasteiger charge is 2.07. The van der Waals surface area contributed by atoms with Crippen molar-refractivity contribution >= 4 is 17.9 Å². The van der Waals surface area contributed by atoms with Crippen molar-refractivity contribution in [1.29, 1.82) is 0 Å². The third-order valence-corrected chi connectivity index (χ3v) is 3.90. The summed E-state index contributed by atoms with van der Waals surface area (Å²) in [5.41, 5.74) is 8.74. The van der Waals surface area contributed by atoms with Crippen molar-refractivity contribution in [3.8, 4) is 5.75 Å². The summed E-state index contributed by atoms with van der Waals surface area (Å²) in [6.45, 7) is 5.75. The molecular weight excluding hydrogens is 328 g/mol. The van der Waals surface area contributed by atoms with Crippen molar-refractivity contribution in [2.45, 2.75) is 27.2 Å². The summed E-state index contributed by atoms with van der Waals surface area (Å²) in [4.78, 5) is 23.6. The van der Waals surface area contributed by atoms with Crippen LogP contribution in [0.15, 0.2) is 48.5 Å². The van der Waals surface area contributed by atoms with E-state index in [1.807, 2.05) is 56.3 Å². The van der Waals surface area contributed by atoms with Gasteiger partial charge in [0.15, 0.2) is 6.61 Å². The van der Waals surface area contributed by atoms with E-state index in [1.54, 1.807) is 6.08 Å². The molecular formula is C21H24N2O3. The number of ether oxygens (including phenoxy) is 1. The van der Waals surface area contributed by atoms with E-state index in [-0.39, 0.29) is 6.61 Å². The predicted octanol–water partition coefficient (Wildman–Crippen LogP) is 3.11. The smallest absolute Gasteiger partial charge is 0.276 e. The molecule has 0 spiro atoms. The van der Waals surface area contributed by atoms with Crippen molar-refractivity contribution in [1.82, 2.24) is 10.9 Å². The van der Waals surface area contributed by atoms with Crippen molar-refractivity contribution in [2.75, 3.05) is 6.61 Å². The molecule has 136 valence electrons. The van der Waals surface area contributed by atoms with Crippen molar-refractivity contribution < 1.29 is 14.3 Å². The second kappa shape index (κ2) is 9.42. The first kappa shape index (κ1) is 19.2. The van der Waals surface area contributed by atoms with E-state index < -0.39 is 11.8 Å². The van der Waals surface area contributed by atoms with E-state index in [4.69, 9.17) is 4.74 Å². The lowest BCUT2D eigenvalue weighted by atomic mass is 10.1. The van der Waals surface area contributed by atoms with Gasteiger partial charge in [-0.05, 0) is 48.6 Å². The standard InChI is InChI=1S/C21H24N2O3/c1-4-17-8-10-18(11-9-17)12-13-19(24)22-23-20(25)14-26-21-15(2)6-5-7-16(21)3/h5-13H,4,14H2,1-3H3,(H,22,24)(H,23,25)/b13-12+. The van der Waals surface area contributed by atoms with Gasteiger partial charge in [-0.2, -0.15) is 0 Å². The Morgan fingerprint density at radius 2 is 1.65 bits per heavy atom. The average molecular weight is 352 g/mol. The summed E-state index contributed by atoms with van der Waals surface area (Å²) in [6.07, 6.45) is 4.03. The first-order valence-corrected chi connectivity index (χ1v) is 8.54. The minimum absolute atomic E-state index is 0.172. The summed E-state index contributed by atoms with van der Waals surface area (Å²) in [5.74, 6) is -0.156. The quantitative estimate of drug-likeness (QED) is 0.620. The molecule has 0 aliphatic carbocycles. The second-order valence-corrected chi connectivity index (χ2v) is 5.98. The number of para-hydroxylation sites is 1. The van der Waals surface area contributed by atoms with Crippen LogP contribution in [0.5, 0.6) is 5.75 Å². The maximum absolute atomic E-state index is 11.8. The SMILES string of the molecule is CCc1ccc(/C=C/C(=O)NNC(=O)COc2c(C)cccc2C)cc1. The number of hydrazine groups is 1. The van der Waals surface area contributed by atoms with Crippen molar-refractivity contribution in [3.63, 3.8) is 0 Å². The largest absolute Gasteiger partial charge is 0.483 e. The third-order valence-electron chi connectivity index (χ3n) is 3.90. The summed E-state index contributed by atoms with van der Waals surface area (Å²) in [6, 6.07) is 13.7. The summed E-state index contributed by atoms with van der Waals surface area (Å²) < 4.78 is 5.53. The Morgan fingerprint density at radius 3 is 2.27 bits per heavy atom. The summed E-state index contributed by atoms with van der Waals surface area (Å²) in [5, 5.41) is 0. The minimum atomic E-state index is -0.429. The fraction of sp³-hybridized carbons (Fsp3) is 0.238. The van der Waals surface area contributed by atoms with Gasteiger partial charge >= 0.3 is 0 Å². The number of hydrogen-bond acceptors (Lipinski definition) is 3. The highest BCUT2D eigenvalue weighted by molar-refractivity contribution is 5.93. The fourth-order valence-corrected chi connectivity index (χ4v) is 2.41. The molecule has 0 saturated carbocycles. The fourth-order valence-electron chi connectivity index (χ4n) is 2.41. The minimum Gasteiger partial charge on any atom is -0.483 e. The molecule has 0 heterocycles. The van der Waals surface area contributed by atoms with E-state index >= 15 is 0 Å². The Labute approximate surface area is 154 Å². The van der Waals surface area contributed by atoms with Crippen LogP contribution in [-0.2, 0) is 16.0 Å². The lowest BCUT2D eigenvalue weighted by Gasteiger charge is -2.11. The zero-order valence-electron chi connectivity index (χ0n) is 15.3. The van der Waals surface area contributed by atoms with Crippen LogP contribution in [0.2, 0.25) is 0 Å². The molecule has 5 heteroatoms. The summed E-state index contributed by atoms with van der Waals surface area (Å²) >= 11 is 0. The predicted molar refractivity (Wildman–Crippen MR) is 103 cm³/mol. The number of hydrogen-bond donors (Lipinski definition) is 2. The van der Waals surface area contributed by atoms with Gasteiger partial charge in [-0.15, -0.1) is 0 Å². The molecule has 2 amide bonds. The van der Waals surface area contributed by atoms with Crippen LogP contribution in [0.4, 0.5) is 0 Å². The molecule has 2 N–H and O–H groups in total. The van der Waals surface area contributed by atoms with E-state index in [0.717, 1.165) is 23.1 Å².